The first kappa shape index (κ1) is 18.1. The van der Waals surface area contributed by atoms with Crippen LogP contribution in [0.15, 0.2) is 12.4 Å². The highest BCUT2D eigenvalue weighted by Crippen LogP contribution is 2.29. The Balaban J connectivity index is 1.76. The smallest absolute Gasteiger partial charge is 0.274 e. The third kappa shape index (κ3) is 3.93. The Morgan fingerprint density at radius 1 is 1.24 bits per heavy atom. The van der Waals surface area contributed by atoms with E-state index in [0.29, 0.717) is 49.9 Å². The van der Waals surface area contributed by atoms with E-state index in [9.17, 15) is 4.79 Å². The van der Waals surface area contributed by atoms with Gasteiger partial charge in [-0.1, -0.05) is 13.8 Å². The van der Waals surface area contributed by atoms with Crippen LogP contribution in [-0.2, 0) is 4.74 Å². The van der Waals surface area contributed by atoms with Crippen LogP contribution in [0.3, 0.4) is 0 Å². The fourth-order valence-electron chi connectivity index (χ4n) is 3.74. The predicted molar refractivity (Wildman–Crippen MR) is 96.8 cm³/mol. The maximum absolute atomic E-state index is 12.7. The zero-order valence-electron chi connectivity index (χ0n) is 15.7. The third-order valence-electron chi connectivity index (χ3n) is 5.32. The predicted octanol–water partition coefficient (Wildman–Crippen LogP) is 0.971. The number of rotatable bonds is 4. The van der Waals surface area contributed by atoms with Crippen molar-refractivity contribution >= 4 is 11.7 Å². The van der Waals surface area contributed by atoms with Crippen molar-refractivity contribution in [3.63, 3.8) is 0 Å². The lowest BCUT2D eigenvalue weighted by Gasteiger charge is -2.27. The summed E-state index contributed by atoms with van der Waals surface area (Å²) < 4.78 is 5.32. The summed E-state index contributed by atoms with van der Waals surface area (Å²) in [4.78, 5) is 27.9. The molecule has 138 valence electrons. The molecule has 2 fully saturated rings. The first-order valence-corrected chi connectivity index (χ1v) is 9.08. The number of hydrogen-bond acceptors (Lipinski definition) is 6. The lowest BCUT2D eigenvalue weighted by atomic mass is 9.91. The average Bonchev–Trinajstić information content (AvgIpc) is 3.08. The molecule has 0 N–H and O–H groups in total. The van der Waals surface area contributed by atoms with Gasteiger partial charge in [-0.3, -0.25) is 9.78 Å². The molecular weight excluding hydrogens is 318 g/mol. The summed E-state index contributed by atoms with van der Waals surface area (Å²) in [6.07, 6.45) is 3.34. The number of likely N-dealkylation sites (N-methyl/N-ethyl adjacent to an activating group) is 1. The molecule has 3 heterocycles. The van der Waals surface area contributed by atoms with E-state index < -0.39 is 0 Å². The Kier molecular flexibility index (Phi) is 5.54. The fourth-order valence-corrected chi connectivity index (χ4v) is 3.74. The Bertz CT molecular complexity index is 585. The number of carbonyl (C=O) groups excluding carboxylic acids is 1. The molecule has 1 amide bonds. The lowest BCUT2D eigenvalue weighted by Crippen LogP contribution is -2.41. The van der Waals surface area contributed by atoms with Gasteiger partial charge in [-0.2, -0.15) is 0 Å². The molecule has 3 rings (SSSR count). The summed E-state index contributed by atoms with van der Waals surface area (Å²) in [6, 6.07) is 0.486. The topological polar surface area (TPSA) is 61.8 Å². The highest BCUT2D eigenvalue weighted by atomic mass is 16.5. The molecule has 0 bridgehead atoms. The number of morpholine rings is 1. The standard InChI is InChI=1S/C18H29N5O2/c1-13(2)14-11-23(12-16(14)21(3)4)17-10-19-9-15(20-17)18(24)22-5-7-25-8-6-22/h9-10,13-14,16H,5-8,11-12H2,1-4H3/t14-,16+/m0/s1. The van der Waals surface area contributed by atoms with E-state index in [1.807, 2.05) is 0 Å². The van der Waals surface area contributed by atoms with Crippen molar-refractivity contribution in [3.8, 4) is 0 Å². The van der Waals surface area contributed by atoms with E-state index in [1.165, 1.54) is 0 Å². The number of carbonyl (C=O) groups is 1. The molecule has 0 spiro atoms. The maximum atomic E-state index is 12.7. The molecule has 25 heavy (non-hydrogen) atoms. The van der Waals surface area contributed by atoms with Crippen molar-refractivity contribution in [2.24, 2.45) is 11.8 Å². The summed E-state index contributed by atoms with van der Waals surface area (Å²) >= 11 is 0. The van der Waals surface area contributed by atoms with E-state index in [1.54, 1.807) is 17.3 Å². The second kappa shape index (κ2) is 7.66. The zero-order chi connectivity index (χ0) is 18.0. The van der Waals surface area contributed by atoms with Crippen LogP contribution < -0.4 is 4.90 Å². The molecule has 2 aliphatic heterocycles. The minimum Gasteiger partial charge on any atom is -0.378 e. The van der Waals surface area contributed by atoms with Crippen LogP contribution in [0.25, 0.3) is 0 Å². The Morgan fingerprint density at radius 3 is 2.56 bits per heavy atom. The van der Waals surface area contributed by atoms with Crippen molar-refractivity contribution in [1.29, 1.82) is 0 Å². The van der Waals surface area contributed by atoms with Crippen LogP contribution in [0.1, 0.15) is 24.3 Å². The minimum atomic E-state index is -0.0542. The van der Waals surface area contributed by atoms with E-state index in [0.717, 1.165) is 18.9 Å². The first-order chi connectivity index (χ1) is 12.0. The SMILES string of the molecule is CC(C)[C@@H]1CN(c2cncc(C(=O)N3CCOCC3)n2)C[C@H]1N(C)C. The van der Waals surface area contributed by atoms with Gasteiger partial charge in [-0.05, 0) is 25.9 Å². The highest BCUT2D eigenvalue weighted by Gasteiger charge is 2.36. The minimum absolute atomic E-state index is 0.0542. The molecule has 1 aromatic heterocycles. The molecule has 0 radical (unpaired) electrons. The second-order valence-corrected chi connectivity index (χ2v) is 7.51. The average molecular weight is 347 g/mol. The number of aromatic nitrogens is 2. The molecule has 2 saturated heterocycles. The van der Waals surface area contributed by atoms with Crippen molar-refractivity contribution in [2.45, 2.75) is 19.9 Å². The van der Waals surface area contributed by atoms with Crippen molar-refractivity contribution in [2.75, 3.05) is 58.4 Å². The van der Waals surface area contributed by atoms with Gasteiger partial charge in [-0.15, -0.1) is 0 Å². The summed E-state index contributed by atoms with van der Waals surface area (Å²) in [6.45, 7) is 8.82. The summed E-state index contributed by atoms with van der Waals surface area (Å²) in [5, 5.41) is 0. The molecular formula is C18H29N5O2. The van der Waals surface area contributed by atoms with Gasteiger partial charge >= 0.3 is 0 Å². The Morgan fingerprint density at radius 2 is 1.96 bits per heavy atom. The molecule has 0 aliphatic carbocycles. The number of anilines is 1. The van der Waals surface area contributed by atoms with Crippen molar-refractivity contribution < 1.29 is 9.53 Å². The third-order valence-corrected chi connectivity index (χ3v) is 5.32. The van der Waals surface area contributed by atoms with Gasteiger partial charge in [0, 0.05) is 32.2 Å². The molecule has 2 aliphatic rings. The molecule has 2 atom stereocenters. The zero-order valence-corrected chi connectivity index (χ0v) is 15.7. The van der Waals surface area contributed by atoms with E-state index in [4.69, 9.17) is 4.74 Å². The van der Waals surface area contributed by atoms with Gasteiger partial charge in [0.1, 0.15) is 11.5 Å². The number of hydrogen-bond donors (Lipinski definition) is 0. The van der Waals surface area contributed by atoms with Crippen LogP contribution in [0.5, 0.6) is 0 Å². The summed E-state index contributed by atoms with van der Waals surface area (Å²) in [5.74, 6) is 1.93. The van der Waals surface area contributed by atoms with Crippen LogP contribution in [0.2, 0.25) is 0 Å². The number of ether oxygens (including phenoxy) is 1. The van der Waals surface area contributed by atoms with Crippen LogP contribution in [0, 0.1) is 11.8 Å². The molecule has 1 aromatic rings. The molecule has 0 unspecified atom stereocenters. The van der Waals surface area contributed by atoms with Gasteiger partial charge in [0.25, 0.3) is 5.91 Å². The largest absolute Gasteiger partial charge is 0.378 e. The number of nitrogens with zero attached hydrogens (tertiary/aromatic N) is 5. The Hall–Kier alpha value is -1.73. The van der Waals surface area contributed by atoms with Gasteiger partial charge in [-0.25, -0.2) is 4.98 Å². The van der Waals surface area contributed by atoms with Gasteiger partial charge in [0.05, 0.1) is 25.6 Å². The van der Waals surface area contributed by atoms with Crippen LogP contribution in [-0.4, -0.2) is 85.2 Å². The van der Waals surface area contributed by atoms with Crippen molar-refractivity contribution in [3.05, 3.63) is 18.1 Å². The molecule has 7 nitrogen and oxygen atoms in total. The second-order valence-electron chi connectivity index (χ2n) is 7.51. The first-order valence-electron chi connectivity index (χ1n) is 9.08. The van der Waals surface area contributed by atoms with Crippen LogP contribution in [0.4, 0.5) is 5.82 Å². The van der Waals surface area contributed by atoms with Gasteiger partial charge in [0.15, 0.2) is 0 Å². The van der Waals surface area contributed by atoms with E-state index >= 15 is 0 Å². The summed E-state index contributed by atoms with van der Waals surface area (Å²) in [7, 11) is 4.27. The van der Waals surface area contributed by atoms with E-state index in [-0.39, 0.29) is 5.91 Å². The highest BCUT2D eigenvalue weighted by molar-refractivity contribution is 5.92. The molecule has 0 aromatic carbocycles. The number of amides is 1. The fraction of sp³-hybridized carbons (Fsp3) is 0.722. The Labute approximate surface area is 150 Å². The quantitative estimate of drug-likeness (QED) is 0.809. The maximum Gasteiger partial charge on any atom is 0.274 e. The normalized spacial score (nSPS) is 24.4. The van der Waals surface area contributed by atoms with Crippen molar-refractivity contribution in [1.82, 2.24) is 19.8 Å². The van der Waals surface area contributed by atoms with Gasteiger partial charge in [0.2, 0.25) is 0 Å². The summed E-state index contributed by atoms with van der Waals surface area (Å²) in [5.41, 5.74) is 0.425. The van der Waals surface area contributed by atoms with Gasteiger partial charge < -0.3 is 19.4 Å². The monoisotopic (exact) mass is 347 g/mol. The lowest BCUT2D eigenvalue weighted by molar-refractivity contribution is 0.0299. The van der Waals surface area contributed by atoms with E-state index in [2.05, 4.69) is 47.7 Å². The van der Waals surface area contributed by atoms with Crippen LogP contribution >= 0.6 is 0 Å². The molecule has 7 heteroatoms. The molecule has 0 saturated carbocycles.